The zero-order valence-corrected chi connectivity index (χ0v) is 9.98. The predicted molar refractivity (Wildman–Crippen MR) is 56.9 cm³/mol. The Bertz CT molecular complexity index is 379. The van der Waals surface area contributed by atoms with Crippen LogP contribution in [0.5, 0.6) is 0 Å². The van der Waals surface area contributed by atoms with E-state index in [9.17, 15) is 9.18 Å². The molecule has 15 heavy (non-hydrogen) atoms. The van der Waals surface area contributed by atoms with E-state index in [2.05, 4.69) is 4.98 Å². The summed E-state index contributed by atoms with van der Waals surface area (Å²) in [6.07, 6.45) is 0. The minimum Gasteiger partial charge on any atom is -0.481 e. The lowest BCUT2D eigenvalue weighted by Crippen LogP contribution is -2.28. The standard InChI is InChI=1S/C10H14FNO2S/c1-9(2,8(13)14)7-12-6(5-15-7)10(3,4)11/h5H,1-4H3,(H,13,14). The molecule has 0 atom stereocenters. The predicted octanol–water partition coefficient (Wildman–Crippen LogP) is 2.71. The van der Waals surface area contributed by atoms with Gasteiger partial charge in [-0.15, -0.1) is 11.3 Å². The summed E-state index contributed by atoms with van der Waals surface area (Å²) < 4.78 is 13.5. The fourth-order valence-electron chi connectivity index (χ4n) is 0.925. The third-order valence-electron chi connectivity index (χ3n) is 2.18. The summed E-state index contributed by atoms with van der Waals surface area (Å²) >= 11 is 1.18. The Morgan fingerprint density at radius 1 is 1.47 bits per heavy atom. The molecule has 0 aromatic carbocycles. The molecule has 0 saturated carbocycles. The zero-order valence-electron chi connectivity index (χ0n) is 9.17. The first kappa shape index (κ1) is 12.1. The van der Waals surface area contributed by atoms with Gasteiger partial charge < -0.3 is 5.11 Å². The van der Waals surface area contributed by atoms with E-state index in [4.69, 9.17) is 5.11 Å². The minimum absolute atomic E-state index is 0.289. The van der Waals surface area contributed by atoms with Gasteiger partial charge in [0.05, 0.1) is 5.69 Å². The molecule has 0 unspecified atom stereocenters. The van der Waals surface area contributed by atoms with Crippen molar-refractivity contribution < 1.29 is 14.3 Å². The summed E-state index contributed by atoms with van der Waals surface area (Å²) in [5.41, 5.74) is -2.30. The molecular weight excluding hydrogens is 217 g/mol. The molecule has 1 heterocycles. The Balaban J connectivity index is 3.10. The van der Waals surface area contributed by atoms with Gasteiger partial charge in [-0.3, -0.25) is 4.79 Å². The maximum atomic E-state index is 13.5. The fourth-order valence-corrected chi connectivity index (χ4v) is 2.01. The number of hydrogen-bond acceptors (Lipinski definition) is 3. The third kappa shape index (κ3) is 2.34. The summed E-state index contributed by atoms with van der Waals surface area (Å²) in [5, 5.41) is 11.0. The molecule has 1 aromatic rings. The number of aliphatic carboxylic acids is 1. The van der Waals surface area contributed by atoms with Gasteiger partial charge in [0, 0.05) is 5.38 Å². The largest absolute Gasteiger partial charge is 0.481 e. The van der Waals surface area contributed by atoms with Gasteiger partial charge in [-0.1, -0.05) is 0 Å². The number of thiazole rings is 1. The molecule has 0 amide bonds. The number of carboxylic acid groups (broad SMARTS) is 1. The van der Waals surface area contributed by atoms with Crippen molar-refractivity contribution in [2.45, 2.75) is 38.8 Å². The van der Waals surface area contributed by atoms with Gasteiger partial charge in [-0.2, -0.15) is 0 Å². The summed E-state index contributed by atoms with van der Waals surface area (Å²) in [6.45, 7) is 5.92. The average Bonchev–Trinajstić information content (AvgIpc) is 2.50. The SMILES string of the molecule is CC(C)(F)c1csc(C(C)(C)C(=O)O)n1. The molecule has 1 aromatic heterocycles. The van der Waals surface area contributed by atoms with E-state index in [1.807, 2.05) is 0 Å². The van der Waals surface area contributed by atoms with E-state index in [1.165, 1.54) is 25.2 Å². The fraction of sp³-hybridized carbons (Fsp3) is 0.600. The first-order valence-corrected chi connectivity index (χ1v) is 5.42. The molecule has 0 aliphatic heterocycles. The Hall–Kier alpha value is -0.970. The molecule has 1 rings (SSSR count). The number of aromatic nitrogens is 1. The van der Waals surface area contributed by atoms with Crippen molar-refractivity contribution in [2.24, 2.45) is 0 Å². The van der Waals surface area contributed by atoms with E-state index in [0.29, 0.717) is 5.01 Å². The average molecular weight is 231 g/mol. The van der Waals surface area contributed by atoms with Gasteiger partial charge >= 0.3 is 5.97 Å². The number of carbonyl (C=O) groups is 1. The number of halogens is 1. The maximum absolute atomic E-state index is 13.5. The normalized spacial score (nSPS) is 12.9. The van der Waals surface area contributed by atoms with Crippen LogP contribution in [0.25, 0.3) is 0 Å². The van der Waals surface area contributed by atoms with Gasteiger partial charge in [0.2, 0.25) is 0 Å². The van der Waals surface area contributed by atoms with Crippen molar-refractivity contribution in [2.75, 3.05) is 0 Å². The van der Waals surface area contributed by atoms with Gasteiger partial charge in [0.15, 0.2) is 0 Å². The molecule has 0 radical (unpaired) electrons. The van der Waals surface area contributed by atoms with Crippen LogP contribution in [0.15, 0.2) is 5.38 Å². The summed E-state index contributed by atoms with van der Waals surface area (Å²) in [6, 6.07) is 0. The van der Waals surface area contributed by atoms with Gasteiger partial charge in [-0.25, -0.2) is 9.37 Å². The minimum atomic E-state index is -1.52. The number of alkyl halides is 1. The number of carboxylic acids is 1. The first-order valence-electron chi connectivity index (χ1n) is 4.54. The molecule has 0 bridgehead atoms. The highest BCUT2D eigenvalue weighted by Gasteiger charge is 2.34. The lowest BCUT2D eigenvalue weighted by Gasteiger charge is -2.16. The van der Waals surface area contributed by atoms with E-state index in [0.717, 1.165) is 0 Å². The van der Waals surface area contributed by atoms with Gasteiger partial charge in [0.1, 0.15) is 16.1 Å². The lowest BCUT2D eigenvalue weighted by atomic mass is 9.95. The maximum Gasteiger partial charge on any atom is 0.316 e. The summed E-state index contributed by atoms with van der Waals surface area (Å²) in [7, 11) is 0. The molecule has 0 aliphatic rings. The van der Waals surface area contributed by atoms with E-state index in [1.54, 1.807) is 19.2 Å². The van der Waals surface area contributed by atoms with Crippen LogP contribution in [0.4, 0.5) is 4.39 Å². The molecule has 0 aliphatic carbocycles. The molecule has 0 spiro atoms. The Morgan fingerprint density at radius 2 is 2.00 bits per heavy atom. The Labute approximate surface area is 92.0 Å². The van der Waals surface area contributed by atoms with Crippen LogP contribution in [0.3, 0.4) is 0 Å². The van der Waals surface area contributed by atoms with Crippen molar-refractivity contribution in [3.8, 4) is 0 Å². The quantitative estimate of drug-likeness (QED) is 0.870. The molecule has 3 nitrogen and oxygen atoms in total. The topological polar surface area (TPSA) is 50.2 Å². The highest BCUT2D eigenvalue weighted by molar-refractivity contribution is 7.10. The Kier molecular flexibility index (Phi) is 2.87. The van der Waals surface area contributed by atoms with Gasteiger partial charge in [-0.05, 0) is 27.7 Å². The Morgan fingerprint density at radius 3 is 2.33 bits per heavy atom. The van der Waals surface area contributed by atoms with Crippen LogP contribution in [0.1, 0.15) is 38.4 Å². The van der Waals surface area contributed by atoms with Gasteiger partial charge in [0.25, 0.3) is 0 Å². The van der Waals surface area contributed by atoms with Crippen molar-refractivity contribution in [1.29, 1.82) is 0 Å². The number of nitrogens with zero attached hydrogens (tertiary/aromatic N) is 1. The first-order chi connectivity index (χ1) is 6.65. The number of rotatable bonds is 3. The second-order valence-electron chi connectivity index (χ2n) is 4.44. The van der Waals surface area contributed by atoms with E-state index < -0.39 is 17.1 Å². The van der Waals surface area contributed by atoms with Crippen LogP contribution in [-0.4, -0.2) is 16.1 Å². The zero-order chi connectivity index (χ0) is 11.9. The van der Waals surface area contributed by atoms with Crippen LogP contribution < -0.4 is 0 Å². The monoisotopic (exact) mass is 231 g/mol. The summed E-state index contributed by atoms with van der Waals surface area (Å²) in [5.74, 6) is -0.958. The van der Waals surface area contributed by atoms with E-state index >= 15 is 0 Å². The smallest absolute Gasteiger partial charge is 0.316 e. The molecule has 1 N–H and O–H groups in total. The molecule has 5 heteroatoms. The van der Waals surface area contributed by atoms with E-state index in [-0.39, 0.29) is 5.69 Å². The second-order valence-corrected chi connectivity index (χ2v) is 5.30. The summed E-state index contributed by atoms with van der Waals surface area (Å²) in [4.78, 5) is 15.0. The second kappa shape index (κ2) is 3.56. The molecule has 84 valence electrons. The van der Waals surface area contributed by atoms with Crippen molar-refractivity contribution >= 4 is 17.3 Å². The molecule has 0 fully saturated rings. The molecule has 0 saturated heterocycles. The van der Waals surface area contributed by atoms with Crippen LogP contribution in [0, 0.1) is 0 Å². The highest BCUT2D eigenvalue weighted by atomic mass is 32.1. The number of hydrogen-bond donors (Lipinski definition) is 1. The highest BCUT2D eigenvalue weighted by Crippen LogP contribution is 2.31. The third-order valence-corrected chi connectivity index (χ3v) is 3.35. The lowest BCUT2D eigenvalue weighted by molar-refractivity contribution is -0.142. The van der Waals surface area contributed by atoms with Crippen LogP contribution >= 0.6 is 11.3 Å². The van der Waals surface area contributed by atoms with Crippen molar-refractivity contribution in [3.05, 3.63) is 16.1 Å². The van der Waals surface area contributed by atoms with Crippen molar-refractivity contribution in [3.63, 3.8) is 0 Å². The van der Waals surface area contributed by atoms with Crippen LogP contribution in [-0.2, 0) is 15.9 Å². The molecular formula is C10H14FNO2S. The van der Waals surface area contributed by atoms with Crippen molar-refractivity contribution in [1.82, 2.24) is 4.98 Å². The van der Waals surface area contributed by atoms with Crippen LogP contribution in [0.2, 0.25) is 0 Å².